The van der Waals surface area contributed by atoms with Crippen LogP contribution in [0.1, 0.15) is 56.7 Å². The number of amides is 2. The first-order valence-electron chi connectivity index (χ1n) is 9.19. The number of unbranched alkanes of at least 4 members (excludes halogenated alkanes) is 2. The van der Waals surface area contributed by atoms with Gasteiger partial charge in [0, 0.05) is 23.9 Å². The first-order valence-corrected chi connectivity index (χ1v) is 10.1. The number of hydrogen-bond acceptors (Lipinski definition) is 5. The van der Waals surface area contributed by atoms with Crippen LogP contribution in [0.15, 0.2) is 29.6 Å². The van der Waals surface area contributed by atoms with E-state index in [-0.39, 0.29) is 12.6 Å². The van der Waals surface area contributed by atoms with Crippen LogP contribution in [-0.4, -0.2) is 23.5 Å². The molecule has 1 heterocycles. The van der Waals surface area contributed by atoms with E-state index in [2.05, 4.69) is 48.4 Å². The molecule has 0 bridgehead atoms. The SMILES string of the molecule is CC(C)c1ccc(-c2nc(COC(=O)CCCCCNC(N)=O)cs2)cc1. The van der Waals surface area contributed by atoms with Crippen molar-refractivity contribution in [1.82, 2.24) is 10.3 Å². The Hall–Kier alpha value is -2.41. The fraction of sp³-hybridized carbons (Fsp3) is 0.450. The molecule has 0 radical (unpaired) electrons. The number of carbonyl (C=O) groups is 2. The third-order valence-electron chi connectivity index (χ3n) is 4.11. The number of nitrogens with zero attached hydrogens (tertiary/aromatic N) is 1. The van der Waals surface area contributed by atoms with E-state index in [1.54, 1.807) is 11.3 Å². The number of esters is 1. The summed E-state index contributed by atoms with van der Waals surface area (Å²) in [4.78, 5) is 26.9. The summed E-state index contributed by atoms with van der Waals surface area (Å²) in [5.74, 6) is 0.276. The molecule has 1 aromatic heterocycles. The monoisotopic (exact) mass is 389 g/mol. The molecule has 2 amide bonds. The van der Waals surface area contributed by atoms with Crippen LogP contribution in [0.25, 0.3) is 10.6 Å². The summed E-state index contributed by atoms with van der Waals surface area (Å²) in [6.45, 7) is 5.07. The van der Waals surface area contributed by atoms with Gasteiger partial charge in [0.25, 0.3) is 0 Å². The molecule has 2 rings (SSSR count). The second kappa shape index (κ2) is 10.7. The lowest BCUT2D eigenvalue weighted by Crippen LogP contribution is -2.29. The molecule has 0 aliphatic heterocycles. The Labute approximate surface area is 164 Å². The van der Waals surface area contributed by atoms with E-state index in [9.17, 15) is 9.59 Å². The van der Waals surface area contributed by atoms with Crippen molar-refractivity contribution in [3.63, 3.8) is 0 Å². The van der Waals surface area contributed by atoms with Gasteiger partial charge in [-0.2, -0.15) is 0 Å². The molecule has 6 nitrogen and oxygen atoms in total. The maximum Gasteiger partial charge on any atom is 0.312 e. The molecule has 7 heteroatoms. The van der Waals surface area contributed by atoms with E-state index in [4.69, 9.17) is 10.5 Å². The molecule has 3 N–H and O–H groups in total. The molecule has 0 saturated carbocycles. The molecule has 0 fully saturated rings. The van der Waals surface area contributed by atoms with Crippen molar-refractivity contribution in [2.75, 3.05) is 6.54 Å². The van der Waals surface area contributed by atoms with E-state index in [1.165, 1.54) is 5.56 Å². The van der Waals surface area contributed by atoms with Crippen molar-refractivity contribution in [2.24, 2.45) is 5.73 Å². The Morgan fingerprint density at radius 1 is 1.19 bits per heavy atom. The van der Waals surface area contributed by atoms with E-state index in [1.807, 2.05) is 5.38 Å². The Bertz CT molecular complexity index is 741. The first kappa shape index (κ1) is 20.9. The van der Waals surface area contributed by atoms with Crippen molar-refractivity contribution in [2.45, 2.75) is 52.1 Å². The quantitative estimate of drug-likeness (QED) is 0.470. The predicted molar refractivity (Wildman–Crippen MR) is 107 cm³/mol. The number of aromatic nitrogens is 1. The maximum atomic E-state index is 11.8. The molecule has 0 unspecified atom stereocenters. The molecule has 0 atom stereocenters. The molecular formula is C20H27N3O3S. The number of carbonyl (C=O) groups excluding carboxylic acids is 2. The Morgan fingerprint density at radius 3 is 2.59 bits per heavy atom. The summed E-state index contributed by atoms with van der Waals surface area (Å²) in [6.07, 6.45) is 2.72. The smallest absolute Gasteiger partial charge is 0.312 e. The van der Waals surface area contributed by atoms with Gasteiger partial charge in [-0.1, -0.05) is 44.5 Å². The van der Waals surface area contributed by atoms with Gasteiger partial charge in [-0.25, -0.2) is 9.78 Å². The highest BCUT2D eigenvalue weighted by Crippen LogP contribution is 2.26. The Morgan fingerprint density at radius 2 is 1.93 bits per heavy atom. The van der Waals surface area contributed by atoms with Gasteiger partial charge in [0.05, 0.1) is 5.69 Å². The van der Waals surface area contributed by atoms with E-state index in [0.29, 0.717) is 18.9 Å². The number of thiazole rings is 1. The third kappa shape index (κ3) is 7.38. The van der Waals surface area contributed by atoms with Crippen molar-refractivity contribution in [3.05, 3.63) is 40.9 Å². The van der Waals surface area contributed by atoms with Gasteiger partial charge in [0.2, 0.25) is 0 Å². The van der Waals surface area contributed by atoms with Crippen LogP contribution >= 0.6 is 11.3 Å². The molecule has 0 spiro atoms. The van der Waals surface area contributed by atoms with Crippen LogP contribution in [0.4, 0.5) is 4.79 Å². The number of nitrogens with one attached hydrogen (secondary N) is 1. The van der Waals surface area contributed by atoms with Crippen LogP contribution in [0, 0.1) is 0 Å². The van der Waals surface area contributed by atoms with Gasteiger partial charge in [-0.3, -0.25) is 4.79 Å². The highest BCUT2D eigenvalue weighted by Gasteiger charge is 2.09. The minimum absolute atomic E-state index is 0.197. The zero-order chi connectivity index (χ0) is 19.6. The highest BCUT2D eigenvalue weighted by atomic mass is 32.1. The predicted octanol–water partition coefficient (Wildman–Crippen LogP) is 4.21. The number of hydrogen-bond donors (Lipinski definition) is 2. The fourth-order valence-electron chi connectivity index (χ4n) is 2.53. The summed E-state index contributed by atoms with van der Waals surface area (Å²) in [7, 11) is 0. The largest absolute Gasteiger partial charge is 0.459 e. The number of urea groups is 1. The van der Waals surface area contributed by atoms with Gasteiger partial charge >= 0.3 is 12.0 Å². The lowest BCUT2D eigenvalue weighted by atomic mass is 10.0. The van der Waals surface area contributed by atoms with Gasteiger partial charge in [0.1, 0.15) is 11.6 Å². The van der Waals surface area contributed by atoms with Gasteiger partial charge < -0.3 is 15.8 Å². The Kier molecular flexibility index (Phi) is 8.26. The number of primary amides is 1. The van der Waals surface area contributed by atoms with Gasteiger partial charge in [-0.15, -0.1) is 11.3 Å². The molecule has 1 aromatic carbocycles. The van der Waals surface area contributed by atoms with Crippen molar-refractivity contribution in [3.8, 4) is 10.6 Å². The summed E-state index contributed by atoms with van der Waals surface area (Å²) in [5, 5.41) is 5.37. The summed E-state index contributed by atoms with van der Waals surface area (Å²) >= 11 is 1.55. The number of ether oxygens (including phenoxy) is 1. The highest BCUT2D eigenvalue weighted by molar-refractivity contribution is 7.13. The van der Waals surface area contributed by atoms with E-state index in [0.717, 1.165) is 35.5 Å². The lowest BCUT2D eigenvalue weighted by molar-refractivity contribution is -0.145. The second-order valence-corrected chi connectivity index (χ2v) is 7.54. The van der Waals surface area contributed by atoms with Gasteiger partial charge in [-0.05, 0) is 24.3 Å². The second-order valence-electron chi connectivity index (χ2n) is 6.68. The van der Waals surface area contributed by atoms with E-state index < -0.39 is 6.03 Å². The van der Waals surface area contributed by atoms with Crippen molar-refractivity contribution in [1.29, 1.82) is 0 Å². The van der Waals surface area contributed by atoms with Crippen LogP contribution in [0.5, 0.6) is 0 Å². The number of nitrogens with two attached hydrogens (primary N) is 1. The minimum atomic E-state index is -0.520. The molecule has 0 saturated heterocycles. The molecule has 0 aliphatic rings. The Balaban J connectivity index is 1.71. The average Bonchev–Trinajstić information content (AvgIpc) is 3.11. The summed E-state index contributed by atoms with van der Waals surface area (Å²) in [6, 6.07) is 7.89. The average molecular weight is 390 g/mol. The molecule has 0 aliphatic carbocycles. The standard InChI is InChI=1S/C20H27N3O3S/c1-14(2)15-7-9-16(10-8-15)19-23-17(13-27-19)12-26-18(24)6-4-3-5-11-22-20(21)25/h7-10,13-14H,3-6,11-12H2,1-2H3,(H3,21,22,25). The third-order valence-corrected chi connectivity index (χ3v) is 5.05. The van der Waals surface area contributed by atoms with Crippen molar-refractivity contribution < 1.29 is 14.3 Å². The van der Waals surface area contributed by atoms with Crippen LogP contribution in [-0.2, 0) is 16.1 Å². The normalized spacial score (nSPS) is 10.8. The minimum Gasteiger partial charge on any atom is -0.459 e. The lowest BCUT2D eigenvalue weighted by Gasteiger charge is -2.05. The molecule has 2 aromatic rings. The number of rotatable bonds is 10. The topological polar surface area (TPSA) is 94.3 Å². The van der Waals surface area contributed by atoms with Crippen molar-refractivity contribution >= 4 is 23.3 Å². The fourth-order valence-corrected chi connectivity index (χ4v) is 3.34. The zero-order valence-corrected chi connectivity index (χ0v) is 16.7. The van der Waals surface area contributed by atoms with Gasteiger partial charge in [0.15, 0.2) is 0 Å². The number of benzene rings is 1. The summed E-state index contributed by atoms with van der Waals surface area (Å²) in [5.41, 5.74) is 8.12. The summed E-state index contributed by atoms with van der Waals surface area (Å²) < 4.78 is 5.29. The van der Waals surface area contributed by atoms with Crippen LogP contribution in [0.3, 0.4) is 0 Å². The molecule has 27 heavy (non-hydrogen) atoms. The first-order chi connectivity index (χ1) is 13.0. The van der Waals surface area contributed by atoms with E-state index >= 15 is 0 Å². The molecule has 146 valence electrons. The van der Waals surface area contributed by atoms with Crippen LogP contribution in [0.2, 0.25) is 0 Å². The molecular weight excluding hydrogens is 362 g/mol. The maximum absolute atomic E-state index is 11.8. The van der Waals surface area contributed by atoms with Crippen LogP contribution < -0.4 is 11.1 Å². The zero-order valence-electron chi connectivity index (χ0n) is 15.9.